The van der Waals surface area contributed by atoms with Crippen LogP contribution in [0.2, 0.25) is 0 Å². The van der Waals surface area contributed by atoms with Gasteiger partial charge in [0.1, 0.15) is 5.92 Å². The first-order valence-electron chi connectivity index (χ1n) is 5.47. The van der Waals surface area contributed by atoms with Gasteiger partial charge in [-0.3, -0.25) is 13.8 Å². The monoisotopic (exact) mass is 263 g/mol. The predicted octanol–water partition coefficient (Wildman–Crippen LogP) is 0.618. The molecule has 5 nitrogen and oxygen atoms in total. The fourth-order valence-corrected chi connectivity index (χ4v) is 2.02. The van der Waals surface area contributed by atoms with Gasteiger partial charge in [0.15, 0.2) is 0 Å². The molecule has 0 saturated heterocycles. The van der Waals surface area contributed by atoms with Gasteiger partial charge in [0.25, 0.3) is 0 Å². The summed E-state index contributed by atoms with van der Waals surface area (Å²) in [7, 11) is -0.884. The Labute approximate surface area is 104 Å². The number of amides is 1. The molecule has 100 valence electrons. The van der Waals surface area contributed by atoms with Crippen LogP contribution in [0.25, 0.3) is 0 Å². The average Bonchev–Trinajstić information content (AvgIpc) is 2.08. The zero-order valence-corrected chi connectivity index (χ0v) is 11.6. The largest absolute Gasteiger partial charge is 0.481 e. The lowest BCUT2D eigenvalue weighted by Gasteiger charge is -2.25. The van der Waals surface area contributed by atoms with E-state index in [1.165, 1.54) is 0 Å². The van der Waals surface area contributed by atoms with Gasteiger partial charge in [0, 0.05) is 29.4 Å². The molecule has 0 aromatic rings. The molecule has 0 fully saturated rings. The molecule has 0 aliphatic rings. The van der Waals surface area contributed by atoms with Gasteiger partial charge in [0.2, 0.25) is 5.91 Å². The Kier molecular flexibility index (Phi) is 6.37. The second-order valence-corrected chi connectivity index (χ2v) is 6.61. The second-order valence-electron chi connectivity index (χ2n) is 5.06. The van der Waals surface area contributed by atoms with E-state index in [1.807, 2.05) is 0 Å². The Hall–Kier alpha value is -0.910. The molecule has 17 heavy (non-hydrogen) atoms. The highest BCUT2D eigenvalue weighted by molar-refractivity contribution is 7.84. The minimum Gasteiger partial charge on any atom is -0.481 e. The minimum absolute atomic E-state index is 0.359. The topological polar surface area (TPSA) is 83.5 Å². The summed E-state index contributed by atoms with van der Waals surface area (Å²) in [5.41, 5.74) is -0.622. The summed E-state index contributed by atoms with van der Waals surface area (Å²) in [5, 5.41) is 11.6. The first-order valence-corrected chi connectivity index (χ1v) is 7.19. The van der Waals surface area contributed by atoms with Crippen LogP contribution in [-0.2, 0) is 20.4 Å². The Morgan fingerprint density at radius 2 is 1.88 bits per heavy atom. The van der Waals surface area contributed by atoms with Crippen LogP contribution in [-0.4, -0.2) is 39.7 Å². The van der Waals surface area contributed by atoms with Crippen LogP contribution in [0.4, 0.5) is 0 Å². The number of hydrogen-bond donors (Lipinski definition) is 2. The zero-order valence-electron chi connectivity index (χ0n) is 10.8. The predicted molar refractivity (Wildman–Crippen MR) is 67.1 cm³/mol. The fourth-order valence-electron chi connectivity index (χ4n) is 1.46. The van der Waals surface area contributed by atoms with E-state index in [4.69, 9.17) is 5.11 Å². The van der Waals surface area contributed by atoms with Crippen molar-refractivity contribution in [2.24, 2.45) is 11.3 Å². The summed E-state index contributed by atoms with van der Waals surface area (Å²) in [4.78, 5) is 22.7. The maximum Gasteiger partial charge on any atom is 0.316 e. The van der Waals surface area contributed by atoms with Gasteiger partial charge in [-0.25, -0.2) is 0 Å². The van der Waals surface area contributed by atoms with Crippen molar-refractivity contribution in [1.82, 2.24) is 5.32 Å². The molecule has 2 unspecified atom stereocenters. The molecule has 0 aromatic carbocycles. The number of rotatable bonds is 6. The van der Waals surface area contributed by atoms with Gasteiger partial charge < -0.3 is 10.4 Å². The summed E-state index contributed by atoms with van der Waals surface area (Å²) < 4.78 is 10.8. The molecular weight excluding hydrogens is 242 g/mol. The van der Waals surface area contributed by atoms with Crippen LogP contribution < -0.4 is 5.32 Å². The summed E-state index contributed by atoms with van der Waals surface area (Å²) >= 11 is 0. The fraction of sp³-hybridized carbons (Fsp3) is 0.818. The Bertz CT molecular complexity index is 309. The van der Waals surface area contributed by atoms with E-state index in [-0.39, 0.29) is 0 Å². The summed E-state index contributed by atoms with van der Waals surface area (Å²) in [6, 6.07) is 0. The van der Waals surface area contributed by atoms with Crippen LogP contribution >= 0.6 is 0 Å². The van der Waals surface area contributed by atoms with Crippen LogP contribution in [0.3, 0.4) is 0 Å². The van der Waals surface area contributed by atoms with Gasteiger partial charge >= 0.3 is 5.97 Å². The zero-order chi connectivity index (χ0) is 13.6. The lowest BCUT2D eigenvalue weighted by atomic mass is 9.80. The quantitative estimate of drug-likeness (QED) is 0.543. The highest BCUT2D eigenvalue weighted by atomic mass is 32.2. The first-order chi connectivity index (χ1) is 7.66. The molecule has 0 spiro atoms. The molecule has 0 rings (SSSR count). The molecule has 0 aliphatic heterocycles. The number of carboxylic acids is 1. The number of carboxylic acid groups (broad SMARTS) is 1. The van der Waals surface area contributed by atoms with Crippen LogP contribution in [0.1, 0.15) is 27.2 Å². The second kappa shape index (κ2) is 6.74. The first kappa shape index (κ1) is 16.1. The molecule has 6 heteroatoms. The highest BCUT2D eigenvalue weighted by Gasteiger charge is 2.37. The van der Waals surface area contributed by atoms with E-state index in [0.29, 0.717) is 18.7 Å². The Balaban J connectivity index is 4.27. The van der Waals surface area contributed by atoms with Crippen molar-refractivity contribution in [2.45, 2.75) is 27.2 Å². The van der Waals surface area contributed by atoms with Crippen molar-refractivity contribution in [2.75, 3.05) is 18.6 Å². The summed E-state index contributed by atoms with van der Waals surface area (Å²) in [6.07, 6.45) is 2.18. The van der Waals surface area contributed by atoms with Crippen molar-refractivity contribution in [1.29, 1.82) is 0 Å². The summed E-state index contributed by atoms with van der Waals surface area (Å²) in [5.74, 6) is -2.15. The van der Waals surface area contributed by atoms with Gasteiger partial charge in [-0.05, 0) is 11.8 Å². The molecule has 0 aromatic heterocycles. The molecule has 0 bridgehead atoms. The van der Waals surface area contributed by atoms with Crippen molar-refractivity contribution in [3.05, 3.63) is 0 Å². The molecule has 0 saturated carbocycles. The molecule has 1 amide bonds. The van der Waals surface area contributed by atoms with E-state index in [1.54, 1.807) is 27.0 Å². The minimum atomic E-state index is -1.12. The van der Waals surface area contributed by atoms with Crippen molar-refractivity contribution < 1.29 is 18.9 Å². The third-order valence-corrected chi connectivity index (χ3v) is 3.15. The maximum absolute atomic E-state index is 11.7. The molecule has 2 N–H and O–H groups in total. The van der Waals surface area contributed by atoms with E-state index in [2.05, 4.69) is 5.32 Å². The normalized spacial score (nSPS) is 15.1. The van der Waals surface area contributed by atoms with Crippen molar-refractivity contribution >= 4 is 22.7 Å². The van der Waals surface area contributed by atoms with E-state index < -0.39 is 34.0 Å². The smallest absolute Gasteiger partial charge is 0.316 e. The van der Waals surface area contributed by atoms with Gasteiger partial charge in [-0.1, -0.05) is 20.8 Å². The van der Waals surface area contributed by atoms with Crippen molar-refractivity contribution in [3.8, 4) is 0 Å². The van der Waals surface area contributed by atoms with E-state index >= 15 is 0 Å². The number of nitrogens with one attached hydrogen (secondary N) is 1. The Morgan fingerprint density at radius 1 is 1.35 bits per heavy atom. The van der Waals surface area contributed by atoms with Gasteiger partial charge in [0.05, 0.1) is 0 Å². The lowest BCUT2D eigenvalue weighted by Crippen LogP contribution is -2.43. The van der Waals surface area contributed by atoms with Crippen LogP contribution in [0.15, 0.2) is 0 Å². The maximum atomic E-state index is 11.7. The number of hydrogen-bond acceptors (Lipinski definition) is 3. The molecule has 0 radical (unpaired) electrons. The van der Waals surface area contributed by atoms with E-state index in [9.17, 15) is 13.8 Å². The van der Waals surface area contributed by atoms with Crippen molar-refractivity contribution in [3.63, 3.8) is 0 Å². The Morgan fingerprint density at radius 3 is 2.24 bits per heavy atom. The third-order valence-electron chi connectivity index (χ3n) is 2.28. The number of carbonyl (C=O) groups excluding carboxylic acids is 1. The van der Waals surface area contributed by atoms with Gasteiger partial charge in [-0.2, -0.15) is 0 Å². The molecular formula is C11H21NO4S. The number of carbonyl (C=O) groups is 2. The average molecular weight is 263 g/mol. The summed E-state index contributed by atoms with van der Waals surface area (Å²) in [6.45, 7) is 5.50. The van der Waals surface area contributed by atoms with Crippen LogP contribution in [0.5, 0.6) is 0 Å². The molecule has 2 atom stereocenters. The molecule has 0 heterocycles. The standard InChI is InChI=1S/C11H21NO4S/c1-11(2,3)8(10(14)15)9(13)12-6-5-7-17(4)16/h8H,5-7H2,1-4H3,(H,12,13)(H,14,15). The van der Waals surface area contributed by atoms with Gasteiger partial charge in [-0.15, -0.1) is 0 Å². The number of aliphatic carboxylic acids is 1. The lowest BCUT2D eigenvalue weighted by molar-refractivity contribution is -0.151. The SMILES string of the molecule is CS(=O)CCCNC(=O)C(C(=O)O)C(C)(C)C. The van der Waals surface area contributed by atoms with E-state index in [0.717, 1.165) is 0 Å². The highest BCUT2D eigenvalue weighted by Crippen LogP contribution is 2.26. The molecule has 0 aliphatic carbocycles. The third kappa shape index (κ3) is 6.41. The van der Waals surface area contributed by atoms with Crippen LogP contribution in [0, 0.1) is 11.3 Å².